The molecule has 10 heteroatoms. The maximum Gasteiger partial charge on any atom is 0.416 e. The molecule has 1 fully saturated rings. The lowest BCUT2D eigenvalue weighted by Crippen LogP contribution is -2.25. The van der Waals surface area contributed by atoms with Gasteiger partial charge < -0.3 is 9.47 Å². The molecule has 1 saturated heterocycles. The molecule has 3 rings (SSSR count). The van der Waals surface area contributed by atoms with Crippen molar-refractivity contribution in [2.75, 3.05) is 18.1 Å². The van der Waals surface area contributed by atoms with Crippen LogP contribution in [-0.4, -0.2) is 29.2 Å². The Morgan fingerprint density at radius 1 is 1.28 bits per heavy atom. The first-order valence-corrected chi connectivity index (χ1v) is 7.48. The lowest BCUT2D eigenvalue weighted by Gasteiger charge is -2.15. The van der Waals surface area contributed by atoms with Crippen molar-refractivity contribution in [2.45, 2.75) is 12.8 Å². The van der Waals surface area contributed by atoms with Crippen LogP contribution in [0.4, 0.5) is 23.9 Å². The van der Waals surface area contributed by atoms with E-state index in [0.717, 1.165) is 6.07 Å². The Labute approximate surface area is 145 Å². The summed E-state index contributed by atoms with van der Waals surface area (Å²) in [6.45, 7) is 0.170. The standard InChI is InChI=1S/C15H11ClF3N3O3/c16-12-3-1-2-11(15(17,18)19)10(12)8-25-9-6-20-13(21-7-9)22-4-5-24-14(22)23/h1-3,6-7H,4-5,8H2. The smallest absolute Gasteiger partial charge is 0.416 e. The van der Waals surface area contributed by atoms with Gasteiger partial charge in [-0.25, -0.2) is 19.7 Å². The zero-order valence-electron chi connectivity index (χ0n) is 12.6. The van der Waals surface area contributed by atoms with Gasteiger partial charge in [0.1, 0.15) is 13.2 Å². The molecule has 2 heterocycles. The first-order chi connectivity index (χ1) is 11.9. The van der Waals surface area contributed by atoms with Gasteiger partial charge in [0, 0.05) is 10.6 Å². The number of hydrogen-bond donors (Lipinski definition) is 0. The van der Waals surface area contributed by atoms with Crippen molar-refractivity contribution >= 4 is 23.6 Å². The highest BCUT2D eigenvalue weighted by molar-refractivity contribution is 6.31. The zero-order chi connectivity index (χ0) is 18.0. The van der Waals surface area contributed by atoms with E-state index >= 15 is 0 Å². The largest absolute Gasteiger partial charge is 0.486 e. The first kappa shape index (κ1) is 17.3. The molecular weight excluding hydrogens is 363 g/mol. The molecule has 0 spiro atoms. The topological polar surface area (TPSA) is 64.5 Å². The average Bonchev–Trinajstić information content (AvgIpc) is 2.99. The molecule has 0 unspecified atom stereocenters. The number of carbonyl (C=O) groups is 1. The van der Waals surface area contributed by atoms with Crippen LogP contribution < -0.4 is 9.64 Å². The second-order valence-corrected chi connectivity index (χ2v) is 5.44. The Bertz CT molecular complexity index is 784. The minimum atomic E-state index is -4.54. The summed E-state index contributed by atoms with van der Waals surface area (Å²) in [7, 11) is 0. The molecule has 25 heavy (non-hydrogen) atoms. The highest BCUT2D eigenvalue weighted by Crippen LogP contribution is 2.35. The fourth-order valence-corrected chi connectivity index (χ4v) is 2.45. The number of rotatable bonds is 4. The van der Waals surface area contributed by atoms with Crippen molar-refractivity contribution < 1.29 is 27.4 Å². The number of ether oxygens (including phenoxy) is 2. The van der Waals surface area contributed by atoms with Crippen LogP contribution in [0.5, 0.6) is 5.75 Å². The number of alkyl halides is 3. The van der Waals surface area contributed by atoms with Crippen LogP contribution in [0, 0.1) is 0 Å². The summed E-state index contributed by atoms with van der Waals surface area (Å²) < 4.78 is 49.2. The summed E-state index contributed by atoms with van der Waals surface area (Å²) >= 11 is 5.86. The third-order valence-electron chi connectivity index (χ3n) is 3.42. The Balaban J connectivity index is 1.73. The highest BCUT2D eigenvalue weighted by atomic mass is 35.5. The van der Waals surface area contributed by atoms with Crippen molar-refractivity contribution in [1.82, 2.24) is 9.97 Å². The average molecular weight is 374 g/mol. The van der Waals surface area contributed by atoms with Crippen molar-refractivity contribution in [3.05, 3.63) is 46.7 Å². The number of benzene rings is 1. The number of halogens is 4. The molecule has 0 radical (unpaired) electrons. The predicted molar refractivity (Wildman–Crippen MR) is 81.5 cm³/mol. The van der Waals surface area contributed by atoms with Gasteiger partial charge in [-0.3, -0.25) is 0 Å². The molecule has 0 N–H and O–H groups in total. The normalized spacial score (nSPS) is 14.6. The summed E-state index contributed by atoms with van der Waals surface area (Å²) in [5.41, 5.74) is -1.04. The molecule has 0 atom stereocenters. The molecular formula is C15H11ClF3N3O3. The molecule has 132 valence electrons. The number of aromatic nitrogens is 2. The lowest BCUT2D eigenvalue weighted by molar-refractivity contribution is -0.138. The molecule has 1 aromatic carbocycles. The third kappa shape index (κ3) is 3.76. The number of cyclic esters (lactones) is 1. The van der Waals surface area contributed by atoms with Gasteiger partial charge in [-0.2, -0.15) is 13.2 Å². The zero-order valence-corrected chi connectivity index (χ0v) is 13.3. The molecule has 6 nitrogen and oxygen atoms in total. The Morgan fingerprint density at radius 3 is 2.60 bits per heavy atom. The second-order valence-electron chi connectivity index (χ2n) is 5.04. The van der Waals surface area contributed by atoms with E-state index in [1.807, 2.05) is 0 Å². The van der Waals surface area contributed by atoms with E-state index in [1.54, 1.807) is 0 Å². The van der Waals surface area contributed by atoms with Gasteiger partial charge in [-0.05, 0) is 12.1 Å². The fourth-order valence-electron chi connectivity index (χ4n) is 2.22. The highest BCUT2D eigenvalue weighted by Gasteiger charge is 2.34. The van der Waals surface area contributed by atoms with Gasteiger partial charge >= 0.3 is 12.3 Å². The number of hydrogen-bond acceptors (Lipinski definition) is 5. The Morgan fingerprint density at radius 2 is 2.00 bits per heavy atom. The van der Waals surface area contributed by atoms with Crippen LogP contribution >= 0.6 is 11.6 Å². The number of anilines is 1. The van der Waals surface area contributed by atoms with E-state index in [1.165, 1.54) is 29.4 Å². The number of carbonyl (C=O) groups excluding carboxylic acids is 1. The van der Waals surface area contributed by atoms with Crippen LogP contribution in [0.1, 0.15) is 11.1 Å². The molecule has 1 aromatic heterocycles. The predicted octanol–water partition coefficient (Wildman–Crippen LogP) is 3.68. The third-order valence-corrected chi connectivity index (χ3v) is 3.78. The molecule has 2 aromatic rings. The van der Waals surface area contributed by atoms with Crippen molar-refractivity contribution in [3.8, 4) is 5.75 Å². The van der Waals surface area contributed by atoms with Gasteiger partial charge in [-0.1, -0.05) is 17.7 Å². The van der Waals surface area contributed by atoms with Gasteiger partial charge in [0.25, 0.3) is 0 Å². The quantitative estimate of drug-likeness (QED) is 0.818. The summed E-state index contributed by atoms with van der Waals surface area (Å²) in [5.74, 6) is 0.271. The van der Waals surface area contributed by atoms with E-state index in [9.17, 15) is 18.0 Å². The SMILES string of the molecule is O=C1OCCN1c1ncc(OCc2c(Cl)cccc2C(F)(F)F)cn1. The summed E-state index contributed by atoms with van der Waals surface area (Å²) in [6, 6.07) is 3.51. The Kier molecular flexibility index (Phi) is 4.67. The van der Waals surface area contributed by atoms with E-state index in [-0.39, 0.29) is 28.9 Å². The van der Waals surface area contributed by atoms with Crippen LogP contribution in [0.3, 0.4) is 0 Å². The summed E-state index contributed by atoms with van der Waals surface area (Å²) in [5, 5.41) is -0.0489. The summed E-state index contributed by atoms with van der Waals surface area (Å²) in [6.07, 6.45) is -2.57. The van der Waals surface area contributed by atoms with Gasteiger partial charge in [0.05, 0.1) is 24.5 Å². The minimum Gasteiger partial charge on any atom is -0.486 e. The lowest BCUT2D eigenvalue weighted by atomic mass is 10.1. The number of amides is 1. The second kappa shape index (κ2) is 6.75. The van der Waals surface area contributed by atoms with Gasteiger partial charge in [-0.15, -0.1) is 0 Å². The molecule has 1 aliphatic heterocycles. The van der Waals surface area contributed by atoms with Crippen LogP contribution in [0.25, 0.3) is 0 Å². The van der Waals surface area contributed by atoms with Crippen molar-refractivity contribution in [2.24, 2.45) is 0 Å². The fraction of sp³-hybridized carbons (Fsp3) is 0.267. The molecule has 0 saturated carbocycles. The van der Waals surface area contributed by atoms with E-state index in [0.29, 0.717) is 6.54 Å². The van der Waals surface area contributed by atoms with Crippen LogP contribution in [0.2, 0.25) is 5.02 Å². The van der Waals surface area contributed by atoms with E-state index in [2.05, 4.69) is 9.97 Å². The molecule has 1 amide bonds. The maximum atomic E-state index is 13.0. The summed E-state index contributed by atoms with van der Waals surface area (Å²) in [4.78, 5) is 20.5. The monoisotopic (exact) mass is 373 g/mol. The maximum absolute atomic E-state index is 13.0. The van der Waals surface area contributed by atoms with E-state index < -0.39 is 24.4 Å². The molecule has 0 aliphatic carbocycles. The first-order valence-electron chi connectivity index (χ1n) is 7.10. The minimum absolute atomic E-state index is 0.0489. The van der Waals surface area contributed by atoms with Crippen molar-refractivity contribution in [1.29, 1.82) is 0 Å². The van der Waals surface area contributed by atoms with Crippen LogP contribution in [-0.2, 0) is 17.5 Å². The van der Waals surface area contributed by atoms with Gasteiger partial charge in [0.2, 0.25) is 5.95 Å². The van der Waals surface area contributed by atoms with Crippen LogP contribution in [0.15, 0.2) is 30.6 Å². The molecule has 1 aliphatic rings. The molecule has 0 bridgehead atoms. The van der Waals surface area contributed by atoms with Gasteiger partial charge in [0.15, 0.2) is 5.75 Å². The van der Waals surface area contributed by atoms with Crippen molar-refractivity contribution in [3.63, 3.8) is 0 Å². The van der Waals surface area contributed by atoms with E-state index in [4.69, 9.17) is 21.1 Å². The Hall–Kier alpha value is -2.55. The number of nitrogens with zero attached hydrogens (tertiary/aromatic N) is 3.